The van der Waals surface area contributed by atoms with Crippen LogP contribution in [-0.4, -0.2) is 36.1 Å². The Balaban J connectivity index is 1.90. The first kappa shape index (κ1) is 14.1. The van der Waals surface area contributed by atoms with E-state index in [4.69, 9.17) is 23.2 Å². The average Bonchev–Trinajstić information content (AvgIpc) is 2.68. The van der Waals surface area contributed by atoms with Gasteiger partial charge in [-0.05, 0) is 25.1 Å². The first-order valence-corrected chi connectivity index (χ1v) is 8.05. The molecule has 20 heavy (non-hydrogen) atoms. The van der Waals surface area contributed by atoms with Gasteiger partial charge in [0.25, 0.3) is 0 Å². The first-order valence-electron chi connectivity index (χ1n) is 6.48. The second kappa shape index (κ2) is 6.26. The zero-order valence-electron chi connectivity index (χ0n) is 10.8. The van der Waals surface area contributed by atoms with Crippen molar-refractivity contribution in [1.29, 1.82) is 0 Å². The predicted molar refractivity (Wildman–Crippen MR) is 85.1 cm³/mol. The lowest BCUT2D eigenvalue weighted by Gasteiger charge is -2.19. The molecule has 0 amide bonds. The van der Waals surface area contributed by atoms with Crippen molar-refractivity contribution in [3.63, 3.8) is 0 Å². The van der Waals surface area contributed by atoms with E-state index >= 15 is 0 Å². The van der Waals surface area contributed by atoms with Crippen LogP contribution in [0.1, 0.15) is 6.42 Å². The van der Waals surface area contributed by atoms with Gasteiger partial charge in [0.2, 0.25) is 5.95 Å². The Morgan fingerprint density at radius 2 is 2.15 bits per heavy atom. The van der Waals surface area contributed by atoms with Crippen LogP contribution in [0.5, 0.6) is 0 Å². The molecule has 0 spiro atoms. The Labute approximate surface area is 131 Å². The van der Waals surface area contributed by atoms with Crippen molar-refractivity contribution in [1.82, 2.24) is 15.3 Å². The van der Waals surface area contributed by atoms with Crippen molar-refractivity contribution >= 4 is 40.5 Å². The Morgan fingerprint density at radius 3 is 2.95 bits per heavy atom. The molecule has 1 saturated heterocycles. The van der Waals surface area contributed by atoms with Crippen LogP contribution >= 0.6 is 34.5 Å². The van der Waals surface area contributed by atoms with Crippen molar-refractivity contribution in [3.8, 4) is 11.3 Å². The fourth-order valence-electron chi connectivity index (χ4n) is 2.21. The summed E-state index contributed by atoms with van der Waals surface area (Å²) in [6.07, 6.45) is 2.87. The van der Waals surface area contributed by atoms with E-state index in [-0.39, 0.29) is 0 Å². The SMILES string of the molecule is Clc1cc(-c2ccnc(N3CCCNCC3)n2)c(Cl)s1. The summed E-state index contributed by atoms with van der Waals surface area (Å²) in [5.74, 6) is 0.754. The summed E-state index contributed by atoms with van der Waals surface area (Å²) >= 11 is 13.5. The molecule has 1 aliphatic rings. The summed E-state index contributed by atoms with van der Waals surface area (Å²) in [7, 11) is 0. The minimum absolute atomic E-state index is 0.664. The van der Waals surface area contributed by atoms with Crippen molar-refractivity contribution in [2.24, 2.45) is 0 Å². The van der Waals surface area contributed by atoms with Crippen LogP contribution < -0.4 is 10.2 Å². The molecule has 0 atom stereocenters. The second-order valence-corrected chi connectivity index (χ2v) is 6.86. The Kier molecular flexibility index (Phi) is 4.41. The van der Waals surface area contributed by atoms with Gasteiger partial charge in [-0.1, -0.05) is 23.2 Å². The molecule has 106 valence electrons. The van der Waals surface area contributed by atoms with Gasteiger partial charge in [0.15, 0.2) is 0 Å². The maximum atomic E-state index is 6.19. The smallest absolute Gasteiger partial charge is 0.225 e. The maximum absolute atomic E-state index is 6.19. The molecule has 1 N–H and O–H groups in total. The van der Waals surface area contributed by atoms with E-state index in [1.165, 1.54) is 11.3 Å². The number of nitrogens with one attached hydrogen (secondary N) is 1. The molecule has 0 bridgehead atoms. The van der Waals surface area contributed by atoms with Gasteiger partial charge in [0, 0.05) is 31.4 Å². The summed E-state index contributed by atoms with van der Waals surface area (Å²) in [6.45, 7) is 3.89. The summed E-state index contributed by atoms with van der Waals surface area (Å²) in [4.78, 5) is 11.2. The summed E-state index contributed by atoms with van der Waals surface area (Å²) < 4.78 is 1.33. The predicted octanol–water partition coefficient (Wildman–Crippen LogP) is 3.31. The second-order valence-electron chi connectivity index (χ2n) is 4.57. The Bertz CT molecular complexity index is 594. The number of nitrogens with zero attached hydrogens (tertiary/aromatic N) is 3. The molecule has 2 aromatic heterocycles. The summed E-state index contributed by atoms with van der Waals surface area (Å²) in [6, 6.07) is 3.72. The monoisotopic (exact) mass is 328 g/mol. The highest BCUT2D eigenvalue weighted by atomic mass is 35.5. The lowest BCUT2D eigenvalue weighted by molar-refractivity contribution is 0.724. The topological polar surface area (TPSA) is 41.1 Å². The maximum Gasteiger partial charge on any atom is 0.225 e. The fourth-order valence-corrected chi connectivity index (χ4v) is 3.69. The molecular formula is C13H14Cl2N4S. The van der Waals surface area contributed by atoms with E-state index in [0.29, 0.717) is 8.67 Å². The molecule has 0 aromatic carbocycles. The van der Waals surface area contributed by atoms with E-state index in [1.807, 2.05) is 12.1 Å². The number of aromatic nitrogens is 2. The molecular weight excluding hydrogens is 315 g/mol. The quantitative estimate of drug-likeness (QED) is 0.918. The van der Waals surface area contributed by atoms with E-state index < -0.39 is 0 Å². The normalized spacial score (nSPS) is 16.2. The van der Waals surface area contributed by atoms with Gasteiger partial charge in [-0.2, -0.15) is 0 Å². The number of hydrogen-bond acceptors (Lipinski definition) is 5. The van der Waals surface area contributed by atoms with Crippen molar-refractivity contribution in [2.45, 2.75) is 6.42 Å². The minimum atomic E-state index is 0.664. The highest BCUT2D eigenvalue weighted by molar-refractivity contribution is 7.20. The third-order valence-corrected chi connectivity index (χ3v) is 4.69. The van der Waals surface area contributed by atoms with Gasteiger partial charge in [-0.25, -0.2) is 9.97 Å². The number of rotatable bonds is 2. The molecule has 3 heterocycles. The zero-order chi connectivity index (χ0) is 13.9. The Morgan fingerprint density at radius 1 is 1.25 bits per heavy atom. The van der Waals surface area contributed by atoms with E-state index in [9.17, 15) is 0 Å². The zero-order valence-corrected chi connectivity index (χ0v) is 13.1. The molecule has 1 aliphatic heterocycles. The van der Waals surface area contributed by atoms with Crippen LogP contribution in [0.25, 0.3) is 11.3 Å². The third kappa shape index (κ3) is 3.06. The van der Waals surface area contributed by atoms with Gasteiger partial charge in [0.05, 0.1) is 10.0 Å². The molecule has 2 aromatic rings. The largest absolute Gasteiger partial charge is 0.339 e. The van der Waals surface area contributed by atoms with Gasteiger partial charge in [-0.3, -0.25) is 0 Å². The first-order chi connectivity index (χ1) is 9.74. The lowest BCUT2D eigenvalue weighted by atomic mass is 10.2. The van der Waals surface area contributed by atoms with Crippen LogP contribution in [0.3, 0.4) is 0 Å². The van der Waals surface area contributed by atoms with E-state index in [0.717, 1.165) is 49.8 Å². The summed E-state index contributed by atoms with van der Waals surface area (Å²) in [5, 5.41) is 3.37. The highest BCUT2D eigenvalue weighted by Crippen LogP contribution is 2.37. The van der Waals surface area contributed by atoms with Crippen molar-refractivity contribution in [2.75, 3.05) is 31.1 Å². The van der Waals surface area contributed by atoms with Crippen LogP contribution in [-0.2, 0) is 0 Å². The molecule has 7 heteroatoms. The van der Waals surface area contributed by atoms with Gasteiger partial charge in [0.1, 0.15) is 4.34 Å². The van der Waals surface area contributed by atoms with E-state index in [1.54, 1.807) is 6.20 Å². The molecule has 0 aliphatic carbocycles. The molecule has 0 unspecified atom stereocenters. The average molecular weight is 329 g/mol. The molecule has 3 rings (SSSR count). The van der Waals surface area contributed by atoms with Gasteiger partial charge < -0.3 is 10.2 Å². The van der Waals surface area contributed by atoms with Crippen molar-refractivity contribution in [3.05, 3.63) is 27.0 Å². The molecule has 4 nitrogen and oxygen atoms in total. The van der Waals surface area contributed by atoms with E-state index in [2.05, 4.69) is 20.2 Å². The third-order valence-electron chi connectivity index (χ3n) is 3.20. The van der Waals surface area contributed by atoms with Gasteiger partial charge in [-0.15, -0.1) is 11.3 Å². The van der Waals surface area contributed by atoms with Crippen LogP contribution in [0, 0.1) is 0 Å². The fraction of sp³-hybridized carbons (Fsp3) is 0.385. The van der Waals surface area contributed by atoms with Crippen molar-refractivity contribution < 1.29 is 0 Å². The molecule has 0 saturated carbocycles. The highest BCUT2D eigenvalue weighted by Gasteiger charge is 2.15. The number of halogens is 2. The van der Waals surface area contributed by atoms with Crippen LogP contribution in [0.2, 0.25) is 8.67 Å². The number of hydrogen-bond donors (Lipinski definition) is 1. The van der Waals surface area contributed by atoms with Crippen LogP contribution in [0.4, 0.5) is 5.95 Å². The number of anilines is 1. The molecule has 0 radical (unpaired) electrons. The molecule has 1 fully saturated rings. The van der Waals surface area contributed by atoms with Gasteiger partial charge >= 0.3 is 0 Å². The standard InChI is InChI=1S/C13H14Cl2N4S/c14-11-8-9(12(15)20-11)10-2-4-17-13(18-10)19-6-1-3-16-5-7-19/h2,4,8,16H,1,3,5-7H2. The Hall–Kier alpha value is -0.880. The lowest BCUT2D eigenvalue weighted by Crippen LogP contribution is -2.29. The van der Waals surface area contributed by atoms with Crippen LogP contribution in [0.15, 0.2) is 18.3 Å². The summed E-state index contributed by atoms with van der Waals surface area (Å²) in [5.41, 5.74) is 1.69. The number of thiophene rings is 1. The minimum Gasteiger partial charge on any atom is -0.339 e.